The third kappa shape index (κ3) is 5.31. The van der Waals surface area contributed by atoms with E-state index in [1.807, 2.05) is 38.4 Å². The minimum atomic E-state index is -0.312. The summed E-state index contributed by atoms with van der Waals surface area (Å²) in [5.41, 5.74) is 2.56. The van der Waals surface area contributed by atoms with E-state index in [4.69, 9.17) is 4.74 Å². The van der Waals surface area contributed by atoms with Gasteiger partial charge in [-0.1, -0.05) is 18.2 Å². The number of carbonyl (C=O) groups is 1. The van der Waals surface area contributed by atoms with Crippen LogP contribution in [0.1, 0.15) is 22.3 Å². The number of aromatic nitrogens is 1. The van der Waals surface area contributed by atoms with Gasteiger partial charge in [0.1, 0.15) is 12.4 Å². The van der Waals surface area contributed by atoms with Gasteiger partial charge in [-0.3, -0.25) is 4.79 Å². The lowest BCUT2D eigenvalue weighted by atomic mass is 10.1. The van der Waals surface area contributed by atoms with Gasteiger partial charge in [-0.05, 0) is 62.5 Å². The van der Waals surface area contributed by atoms with Crippen molar-refractivity contribution in [2.75, 3.05) is 44.0 Å². The topological polar surface area (TPSA) is 48.9 Å². The highest BCUT2D eigenvalue weighted by Gasteiger charge is 2.26. The number of amides is 1. The minimum Gasteiger partial charge on any atom is -0.473 e. The SMILES string of the molecule is CN(C(=O)c1ccc(COc2ccccn2)cc1)c1ccc(N2CCC(N(C)C)C2)c(F)c1. The van der Waals surface area contributed by atoms with Crippen LogP contribution in [0.3, 0.4) is 0 Å². The predicted octanol–water partition coefficient (Wildman–Crippen LogP) is 4.22. The Balaban J connectivity index is 1.40. The Labute approximate surface area is 194 Å². The van der Waals surface area contributed by atoms with Crippen LogP contribution in [-0.4, -0.2) is 56.1 Å². The van der Waals surface area contributed by atoms with E-state index in [1.165, 1.54) is 11.0 Å². The van der Waals surface area contributed by atoms with Crippen LogP contribution >= 0.6 is 0 Å². The maximum atomic E-state index is 14.9. The van der Waals surface area contributed by atoms with Crippen molar-refractivity contribution >= 4 is 17.3 Å². The van der Waals surface area contributed by atoms with E-state index in [0.29, 0.717) is 35.5 Å². The molecule has 0 N–H and O–H groups in total. The van der Waals surface area contributed by atoms with Gasteiger partial charge in [0, 0.05) is 49.7 Å². The summed E-state index contributed by atoms with van der Waals surface area (Å²) in [6.07, 6.45) is 2.68. The molecule has 3 aromatic rings. The second-order valence-electron chi connectivity index (χ2n) is 8.51. The molecule has 0 radical (unpaired) electrons. The molecule has 1 fully saturated rings. The van der Waals surface area contributed by atoms with Crippen molar-refractivity contribution in [1.29, 1.82) is 0 Å². The number of pyridine rings is 1. The van der Waals surface area contributed by atoms with Crippen LogP contribution in [0.5, 0.6) is 5.88 Å². The molecule has 0 saturated carbocycles. The van der Waals surface area contributed by atoms with Crippen LogP contribution in [-0.2, 0) is 6.61 Å². The molecule has 7 heteroatoms. The minimum absolute atomic E-state index is 0.201. The smallest absolute Gasteiger partial charge is 0.258 e. The van der Waals surface area contributed by atoms with E-state index in [-0.39, 0.29) is 11.7 Å². The fourth-order valence-electron chi connectivity index (χ4n) is 3.99. The van der Waals surface area contributed by atoms with Gasteiger partial charge in [-0.15, -0.1) is 0 Å². The highest BCUT2D eigenvalue weighted by molar-refractivity contribution is 6.05. The van der Waals surface area contributed by atoms with Gasteiger partial charge in [0.2, 0.25) is 5.88 Å². The number of benzene rings is 2. The zero-order valence-corrected chi connectivity index (χ0v) is 19.2. The standard InChI is InChI=1S/C26H29FN4O2/c1-29(2)22-13-15-31(17-22)24-12-11-21(16-23(24)27)30(3)26(32)20-9-7-19(8-10-20)18-33-25-6-4-5-14-28-25/h4-12,14,16,22H,13,15,17-18H2,1-3H3. The molecule has 1 aromatic heterocycles. The molecule has 0 aliphatic carbocycles. The number of hydrogen-bond acceptors (Lipinski definition) is 5. The molecule has 0 bridgehead atoms. The van der Waals surface area contributed by atoms with Crippen molar-refractivity contribution < 1.29 is 13.9 Å². The summed E-state index contributed by atoms with van der Waals surface area (Å²) in [6, 6.07) is 18.1. The number of ether oxygens (including phenoxy) is 1. The quantitative estimate of drug-likeness (QED) is 0.542. The van der Waals surface area contributed by atoms with E-state index in [9.17, 15) is 9.18 Å². The van der Waals surface area contributed by atoms with Crippen molar-refractivity contribution in [3.8, 4) is 5.88 Å². The summed E-state index contributed by atoms with van der Waals surface area (Å²) in [4.78, 5) is 22.8. The second kappa shape index (κ2) is 10.0. The zero-order valence-electron chi connectivity index (χ0n) is 19.2. The van der Waals surface area contributed by atoms with E-state index in [1.54, 1.807) is 43.6 Å². The van der Waals surface area contributed by atoms with E-state index >= 15 is 0 Å². The zero-order chi connectivity index (χ0) is 23.4. The monoisotopic (exact) mass is 448 g/mol. The first kappa shape index (κ1) is 22.7. The van der Waals surface area contributed by atoms with Crippen LogP contribution in [0.4, 0.5) is 15.8 Å². The molecular formula is C26H29FN4O2. The Morgan fingerprint density at radius 1 is 1.12 bits per heavy atom. The van der Waals surface area contributed by atoms with E-state index in [2.05, 4.69) is 14.8 Å². The molecule has 172 valence electrons. The van der Waals surface area contributed by atoms with Gasteiger partial charge in [0.05, 0.1) is 5.69 Å². The Hall–Kier alpha value is -3.45. The van der Waals surface area contributed by atoms with Crippen LogP contribution in [0.15, 0.2) is 66.9 Å². The fourth-order valence-corrected chi connectivity index (χ4v) is 3.99. The summed E-state index contributed by atoms with van der Waals surface area (Å²) < 4.78 is 20.6. The maximum absolute atomic E-state index is 14.9. The summed E-state index contributed by atoms with van der Waals surface area (Å²) in [5, 5.41) is 0. The Morgan fingerprint density at radius 2 is 1.91 bits per heavy atom. The molecule has 2 heterocycles. The van der Waals surface area contributed by atoms with Gasteiger partial charge in [-0.25, -0.2) is 9.37 Å². The molecular weight excluding hydrogens is 419 g/mol. The lowest BCUT2D eigenvalue weighted by molar-refractivity contribution is 0.0993. The van der Waals surface area contributed by atoms with Gasteiger partial charge in [0.25, 0.3) is 5.91 Å². The summed E-state index contributed by atoms with van der Waals surface area (Å²) >= 11 is 0. The average Bonchev–Trinajstić information content (AvgIpc) is 3.33. The molecule has 33 heavy (non-hydrogen) atoms. The van der Waals surface area contributed by atoms with Crippen LogP contribution in [0.2, 0.25) is 0 Å². The van der Waals surface area contributed by atoms with Crippen molar-refractivity contribution in [2.24, 2.45) is 0 Å². The molecule has 1 aliphatic heterocycles. The van der Waals surface area contributed by atoms with Crippen molar-refractivity contribution in [3.05, 3.63) is 83.8 Å². The number of rotatable bonds is 7. The molecule has 1 saturated heterocycles. The Morgan fingerprint density at radius 3 is 2.55 bits per heavy atom. The summed E-state index contributed by atoms with van der Waals surface area (Å²) in [6.45, 7) is 1.98. The van der Waals surface area contributed by atoms with Crippen LogP contribution < -0.4 is 14.5 Å². The largest absolute Gasteiger partial charge is 0.473 e. The fraction of sp³-hybridized carbons (Fsp3) is 0.308. The number of anilines is 2. The number of nitrogens with zero attached hydrogens (tertiary/aromatic N) is 4. The van der Waals surface area contributed by atoms with Gasteiger partial charge in [0.15, 0.2) is 0 Å². The number of halogens is 1. The van der Waals surface area contributed by atoms with Crippen molar-refractivity contribution in [2.45, 2.75) is 19.1 Å². The number of likely N-dealkylation sites (N-methyl/N-ethyl adjacent to an activating group) is 1. The van der Waals surface area contributed by atoms with Crippen LogP contribution in [0, 0.1) is 5.82 Å². The van der Waals surface area contributed by atoms with E-state index < -0.39 is 0 Å². The first-order valence-corrected chi connectivity index (χ1v) is 11.0. The lowest BCUT2D eigenvalue weighted by Gasteiger charge is -2.23. The third-order valence-electron chi connectivity index (χ3n) is 6.08. The molecule has 1 amide bonds. The van der Waals surface area contributed by atoms with Crippen molar-refractivity contribution in [3.63, 3.8) is 0 Å². The Kier molecular flexibility index (Phi) is 6.89. The molecule has 1 atom stereocenters. The highest BCUT2D eigenvalue weighted by atomic mass is 19.1. The molecule has 6 nitrogen and oxygen atoms in total. The summed E-state index contributed by atoms with van der Waals surface area (Å²) in [5.74, 6) is 0.0378. The molecule has 1 unspecified atom stereocenters. The average molecular weight is 449 g/mol. The second-order valence-corrected chi connectivity index (χ2v) is 8.51. The first-order chi connectivity index (χ1) is 15.9. The highest BCUT2D eigenvalue weighted by Crippen LogP contribution is 2.29. The van der Waals surface area contributed by atoms with Gasteiger partial charge in [-0.2, -0.15) is 0 Å². The first-order valence-electron chi connectivity index (χ1n) is 11.0. The molecule has 2 aromatic carbocycles. The van der Waals surface area contributed by atoms with Crippen molar-refractivity contribution in [1.82, 2.24) is 9.88 Å². The lowest BCUT2D eigenvalue weighted by Crippen LogP contribution is -2.31. The predicted molar refractivity (Wildman–Crippen MR) is 128 cm³/mol. The van der Waals surface area contributed by atoms with Gasteiger partial charge < -0.3 is 19.4 Å². The third-order valence-corrected chi connectivity index (χ3v) is 6.08. The molecule has 4 rings (SSSR count). The maximum Gasteiger partial charge on any atom is 0.258 e. The van der Waals surface area contributed by atoms with E-state index in [0.717, 1.165) is 25.1 Å². The van der Waals surface area contributed by atoms with Crippen LogP contribution in [0.25, 0.3) is 0 Å². The molecule has 1 aliphatic rings. The Bertz CT molecular complexity index is 1090. The molecule has 0 spiro atoms. The summed E-state index contributed by atoms with van der Waals surface area (Å²) in [7, 11) is 5.76. The number of hydrogen-bond donors (Lipinski definition) is 0. The normalized spacial score (nSPS) is 15.7. The number of carbonyl (C=O) groups excluding carboxylic acids is 1. The van der Waals surface area contributed by atoms with Gasteiger partial charge >= 0.3 is 0 Å².